The summed E-state index contributed by atoms with van der Waals surface area (Å²) in [4.78, 5) is 7.61. The third-order valence-electron chi connectivity index (χ3n) is 21.6. The molecule has 0 aliphatic carbocycles. The van der Waals surface area contributed by atoms with Crippen LogP contribution in [0, 0.1) is 0 Å². The van der Waals surface area contributed by atoms with Gasteiger partial charge < -0.3 is 28.9 Å². The summed E-state index contributed by atoms with van der Waals surface area (Å²) < 4.78 is 8.51. The summed E-state index contributed by atoms with van der Waals surface area (Å²) >= 11 is 0. The summed E-state index contributed by atoms with van der Waals surface area (Å²) in [5.74, 6) is 0. The maximum atomic E-state index is 2.84. The van der Waals surface area contributed by atoms with Crippen LogP contribution >= 0.6 is 0 Å². The van der Waals surface area contributed by atoms with E-state index in [-0.39, 0.29) is 37.2 Å². The van der Waals surface area contributed by atoms with Gasteiger partial charge in [-0.1, -0.05) is 242 Å². The van der Waals surface area contributed by atoms with Crippen LogP contribution in [0.2, 0.25) is 0 Å². The summed E-state index contributed by atoms with van der Waals surface area (Å²) in [5.41, 5.74) is 32.8. The highest BCUT2D eigenvalue weighted by molar-refractivity contribution is 7.16. The Morgan fingerprint density at radius 1 is 0.211 bits per heavy atom. The SMILES string of the molecule is CC1(C)c2ccccc2N(c2ccc3c(c2)N2B(c4ccccc4-3)N3B(c4ccccc4-c4ccc(N5c6ccccc6C(C)(C)c6ccccc65)cc43)N3B2c2ccccc2-c2ccc(N4c5ccccc5C(C)(C)c5ccccc54)cc23)c2ccccc21. The monoisotopic (exact) mass is 1150 g/mol. The second kappa shape index (κ2) is 18.4. The fraction of sp³-hybridized carbons (Fsp3) is 0.111. The van der Waals surface area contributed by atoms with Crippen LogP contribution < -0.4 is 45.3 Å². The molecule has 0 unspecified atom stereocenters. The summed E-state index contributed by atoms with van der Waals surface area (Å²) in [6, 6.07) is 104. The zero-order valence-corrected chi connectivity index (χ0v) is 51.4. The topological polar surface area (TPSA) is 19.4 Å². The largest absolute Gasteiger partial charge is 0.416 e. The van der Waals surface area contributed by atoms with E-state index in [2.05, 4.69) is 343 Å². The quantitative estimate of drug-likeness (QED) is 0.163. The summed E-state index contributed by atoms with van der Waals surface area (Å²) in [6.07, 6.45) is 0. The fourth-order valence-electron chi connectivity index (χ4n) is 17.5. The number of para-hydroxylation sites is 6. The van der Waals surface area contributed by atoms with Gasteiger partial charge in [-0.3, -0.25) is 0 Å². The van der Waals surface area contributed by atoms with Gasteiger partial charge >= 0.3 is 20.9 Å². The molecule has 90 heavy (non-hydrogen) atoms. The van der Waals surface area contributed by atoms with Gasteiger partial charge in [-0.15, -0.1) is 0 Å². The predicted molar refractivity (Wildman–Crippen MR) is 380 cm³/mol. The highest BCUT2D eigenvalue weighted by atomic mass is 15.3. The van der Waals surface area contributed by atoms with E-state index in [1.54, 1.807) is 0 Å². The summed E-state index contributed by atoms with van der Waals surface area (Å²) in [5, 5.41) is 0. The van der Waals surface area contributed by atoms with Gasteiger partial charge in [-0.05, 0) is 139 Å². The van der Waals surface area contributed by atoms with E-state index in [0.29, 0.717) is 0 Å². The van der Waals surface area contributed by atoms with Crippen molar-refractivity contribution in [2.45, 2.75) is 57.8 Å². The number of nitrogens with zero attached hydrogens (tertiary/aromatic N) is 6. The Hall–Kier alpha value is -10.4. The molecule has 9 heteroatoms. The molecule has 19 rings (SSSR count). The van der Waals surface area contributed by atoms with Crippen LogP contribution in [0.25, 0.3) is 33.4 Å². The lowest BCUT2D eigenvalue weighted by molar-refractivity contribution is 0.632. The van der Waals surface area contributed by atoms with Crippen molar-refractivity contribution in [3.8, 4) is 33.4 Å². The maximum absolute atomic E-state index is 2.84. The van der Waals surface area contributed by atoms with E-state index in [4.69, 9.17) is 0 Å². The first kappa shape index (κ1) is 51.7. The molecular weight excluding hydrogens is 1090 g/mol. The van der Waals surface area contributed by atoms with Crippen molar-refractivity contribution in [2.24, 2.45) is 0 Å². The highest BCUT2D eigenvalue weighted by Gasteiger charge is 2.62. The number of hydrogen-bond donors (Lipinski definition) is 0. The second-order valence-electron chi connectivity index (χ2n) is 27.2. The van der Waals surface area contributed by atoms with Crippen LogP contribution in [0.1, 0.15) is 74.9 Å². The van der Waals surface area contributed by atoms with Gasteiger partial charge in [0.2, 0.25) is 0 Å². The number of benzene rings is 12. The second-order valence-corrected chi connectivity index (χ2v) is 27.2. The van der Waals surface area contributed by atoms with Gasteiger partial charge in [-0.25, -0.2) is 0 Å². The molecule has 426 valence electrons. The molecular formula is C81H63B3N6. The van der Waals surface area contributed by atoms with Gasteiger partial charge in [0.25, 0.3) is 0 Å². The number of hydrogen-bond acceptors (Lipinski definition) is 6. The maximum Gasteiger partial charge on any atom is 0.389 e. The standard InChI is InChI=1S/C81H63B3N6/c1-79(2)61-28-10-19-37-70(61)85(71-38-20-11-29-62(71)79)52-43-46-58-55-25-7-16-34-67(55)82-88(76(58)49-52)83-68-35-17-8-26-56(68)59-47-44-53(86-72-39-21-12-30-63(72)80(3,4)64-31-13-22-40-73(64)86)50-77(59)90(83)84-69-36-18-9-27-57(69)60-48-45-54(51-78(60)89(82)84)87-74-41-23-14-32-65(74)81(5,6)66-33-15-24-42-75(66)87/h7-51H,1-6H3. The third kappa shape index (κ3) is 6.76. The van der Waals surface area contributed by atoms with E-state index in [0.717, 1.165) is 17.1 Å². The number of rotatable bonds is 3. The van der Waals surface area contributed by atoms with Gasteiger partial charge in [-0.2, -0.15) is 0 Å². The molecule has 12 aromatic rings. The highest BCUT2D eigenvalue weighted by Crippen LogP contribution is 2.59. The van der Waals surface area contributed by atoms with Gasteiger partial charge in [0.1, 0.15) is 0 Å². The summed E-state index contributed by atoms with van der Waals surface area (Å²) in [6.45, 7) is 13.4. The van der Waals surface area contributed by atoms with Crippen LogP contribution in [-0.4, -0.2) is 20.9 Å². The van der Waals surface area contributed by atoms with Crippen molar-refractivity contribution in [1.82, 2.24) is 0 Å². The summed E-state index contributed by atoms with van der Waals surface area (Å²) in [7, 11) is 0. The Balaban J connectivity index is 0.906. The van der Waals surface area contributed by atoms with Gasteiger partial charge in [0, 0.05) is 67.1 Å². The minimum absolute atomic E-state index is 0.206. The molecule has 1 saturated heterocycles. The Bertz CT molecular complexity index is 4410. The zero-order chi connectivity index (χ0) is 60.1. The Kier molecular flexibility index (Phi) is 10.5. The lowest BCUT2D eigenvalue weighted by Crippen LogP contribution is -2.88. The van der Waals surface area contributed by atoms with Crippen LogP contribution in [0.4, 0.5) is 68.2 Å². The van der Waals surface area contributed by atoms with Crippen molar-refractivity contribution in [1.29, 1.82) is 0 Å². The van der Waals surface area contributed by atoms with Crippen molar-refractivity contribution in [3.63, 3.8) is 0 Å². The first-order valence-electron chi connectivity index (χ1n) is 32.0. The third-order valence-corrected chi connectivity index (χ3v) is 21.6. The molecule has 0 aromatic heterocycles. The molecule has 7 aliphatic heterocycles. The van der Waals surface area contributed by atoms with Crippen molar-refractivity contribution in [2.75, 3.05) is 28.9 Å². The number of anilines is 12. The average Bonchev–Trinajstić information content (AvgIpc) is 0.690. The molecule has 7 heterocycles. The van der Waals surface area contributed by atoms with Crippen molar-refractivity contribution in [3.05, 3.63) is 306 Å². The first-order chi connectivity index (χ1) is 44.0. The Labute approximate surface area is 528 Å². The Morgan fingerprint density at radius 2 is 0.422 bits per heavy atom. The van der Waals surface area contributed by atoms with E-state index in [1.807, 2.05) is 0 Å². The van der Waals surface area contributed by atoms with Gasteiger partial charge in [0.05, 0.1) is 34.1 Å². The molecule has 0 spiro atoms. The molecule has 0 radical (unpaired) electrons. The minimum atomic E-state index is -0.279. The molecule has 0 N–H and O–H groups in total. The zero-order valence-electron chi connectivity index (χ0n) is 51.4. The normalized spacial score (nSPS) is 16.4. The van der Waals surface area contributed by atoms with E-state index >= 15 is 0 Å². The molecule has 7 aliphatic rings. The molecule has 0 atom stereocenters. The van der Waals surface area contributed by atoms with Crippen LogP contribution in [0.15, 0.2) is 273 Å². The van der Waals surface area contributed by atoms with E-state index < -0.39 is 0 Å². The van der Waals surface area contributed by atoms with E-state index in [1.165, 1.54) is 134 Å². The fourth-order valence-corrected chi connectivity index (χ4v) is 17.5. The number of fused-ring (bicyclic) bond motifs is 27. The lowest BCUT2D eigenvalue weighted by Gasteiger charge is -2.61. The van der Waals surface area contributed by atoms with E-state index in [9.17, 15) is 0 Å². The predicted octanol–water partition coefficient (Wildman–Crippen LogP) is 18.0. The lowest BCUT2D eigenvalue weighted by atomic mass is 9.34. The Morgan fingerprint density at radius 3 is 0.667 bits per heavy atom. The van der Waals surface area contributed by atoms with Crippen LogP contribution in [0.3, 0.4) is 0 Å². The van der Waals surface area contributed by atoms with Crippen molar-refractivity contribution >= 4 is 106 Å². The average molecular weight is 1150 g/mol. The molecule has 0 bridgehead atoms. The molecule has 1 fully saturated rings. The molecule has 12 aromatic carbocycles. The first-order valence-corrected chi connectivity index (χ1v) is 32.0. The van der Waals surface area contributed by atoms with Gasteiger partial charge in [0.15, 0.2) is 0 Å². The minimum Gasteiger partial charge on any atom is -0.416 e. The van der Waals surface area contributed by atoms with Crippen molar-refractivity contribution < 1.29 is 0 Å². The van der Waals surface area contributed by atoms with Crippen LogP contribution in [0.5, 0.6) is 0 Å². The van der Waals surface area contributed by atoms with Crippen LogP contribution in [-0.2, 0) is 16.2 Å². The smallest absolute Gasteiger partial charge is 0.389 e. The molecule has 6 nitrogen and oxygen atoms in total. The molecule has 0 saturated carbocycles. The molecule has 0 amide bonds.